The Morgan fingerprint density at radius 1 is 1.31 bits per heavy atom. The number of thiocarbonyl (C=S) groups is 1. The van der Waals surface area contributed by atoms with Gasteiger partial charge in [-0.2, -0.15) is 0 Å². The lowest BCUT2D eigenvalue weighted by Gasteiger charge is -2.26. The van der Waals surface area contributed by atoms with Crippen molar-refractivity contribution in [3.05, 3.63) is 77.6 Å². The van der Waals surface area contributed by atoms with Crippen molar-refractivity contribution in [3.8, 4) is 5.75 Å². The zero-order valence-corrected chi connectivity index (χ0v) is 17.6. The van der Waals surface area contributed by atoms with Gasteiger partial charge in [0, 0.05) is 38.1 Å². The monoisotopic (exact) mass is 432 g/mol. The molecular formula is C21H22ClFN4OS. The predicted octanol–water partition coefficient (Wildman–Crippen LogP) is 4.97. The largest absolute Gasteiger partial charge is 0.497 e. The van der Waals surface area contributed by atoms with E-state index in [4.69, 9.17) is 28.6 Å². The normalized spacial score (nSPS) is 10.6. The van der Waals surface area contributed by atoms with Gasteiger partial charge < -0.3 is 19.5 Å². The number of nitrogens with one attached hydrogen (secondary N) is 1. The van der Waals surface area contributed by atoms with E-state index in [1.165, 1.54) is 12.1 Å². The van der Waals surface area contributed by atoms with Crippen LogP contribution in [0.2, 0.25) is 5.02 Å². The standard InChI is InChI=1S/C21H22ClFN4OS/c1-28-18-6-7-19(22)20(13-18)25-21(29)27(10-3-9-26-11-8-24-15-26)14-16-4-2-5-17(23)12-16/h2,4-8,11-13,15H,3,9-10,14H2,1H3,(H,25,29). The number of aromatic nitrogens is 2. The summed E-state index contributed by atoms with van der Waals surface area (Å²) in [5.41, 5.74) is 1.50. The molecule has 29 heavy (non-hydrogen) atoms. The molecule has 8 heteroatoms. The fourth-order valence-corrected chi connectivity index (χ4v) is 3.32. The number of hydrogen-bond donors (Lipinski definition) is 1. The summed E-state index contributed by atoms with van der Waals surface area (Å²) < 4.78 is 20.9. The Kier molecular flexibility index (Phi) is 7.43. The molecule has 0 saturated heterocycles. The van der Waals surface area contributed by atoms with Crippen LogP contribution in [0.15, 0.2) is 61.2 Å². The lowest BCUT2D eigenvalue weighted by Crippen LogP contribution is -2.35. The summed E-state index contributed by atoms with van der Waals surface area (Å²) in [6.07, 6.45) is 6.30. The fraction of sp³-hybridized carbons (Fsp3) is 0.238. The number of aryl methyl sites for hydroxylation is 1. The Morgan fingerprint density at radius 2 is 2.17 bits per heavy atom. The van der Waals surface area contributed by atoms with E-state index >= 15 is 0 Å². The van der Waals surface area contributed by atoms with Gasteiger partial charge in [0.15, 0.2) is 5.11 Å². The number of nitrogens with zero attached hydrogens (tertiary/aromatic N) is 3. The quantitative estimate of drug-likeness (QED) is 0.509. The zero-order valence-electron chi connectivity index (χ0n) is 16.0. The molecule has 0 aliphatic heterocycles. The highest BCUT2D eigenvalue weighted by molar-refractivity contribution is 7.80. The minimum Gasteiger partial charge on any atom is -0.497 e. The Balaban J connectivity index is 1.72. The Hall–Kier alpha value is -2.64. The van der Waals surface area contributed by atoms with Crippen molar-refractivity contribution >= 4 is 34.6 Å². The van der Waals surface area contributed by atoms with Gasteiger partial charge in [-0.15, -0.1) is 0 Å². The molecule has 0 spiro atoms. The van der Waals surface area contributed by atoms with E-state index in [0.29, 0.717) is 34.7 Å². The van der Waals surface area contributed by atoms with Crippen LogP contribution in [0.25, 0.3) is 0 Å². The SMILES string of the molecule is COc1ccc(Cl)c(NC(=S)N(CCCn2ccnc2)Cc2cccc(F)c2)c1. The number of benzene rings is 2. The van der Waals surface area contributed by atoms with E-state index in [-0.39, 0.29) is 5.82 Å². The molecule has 5 nitrogen and oxygen atoms in total. The minimum atomic E-state index is -0.268. The van der Waals surface area contributed by atoms with Crippen LogP contribution >= 0.6 is 23.8 Å². The molecule has 0 bridgehead atoms. The summed E-state index contributed by atoms with van der Waals surface area (Å²) in [6, 6.07) is 11.9. The Labute approximate surface area is 180 Å². The summed E-state index contributed by atoms with van der Waals surface area (Å²) in [7, 11) is 1.59. The highest BCUT2D eigenvalue weighted by Crippen LogP contribution is 2.27. The first-order valence-electron chi connectivity index (χ1n) is 9.15. The molecule has 2 aromatic carbocycles. The van der Waals surface area contributed by atoms with Gasteiger partial charge >= 0.3 is 0 Å². The summed E-state index contributed by atoms with van der Waals surface area (Å²) in [5, 5.41) is 4.24. The van der Waals surface area contributed by atoms with Crippen molar-refractivity contribution in [2.45, 2.75) is 19.5 Å². The van der Waals surface area contributed by atoms with Crippen molar-refractivity contribution < 1.29 is 9.13 Å². The third-order valence-corrected chi connectivity index (χ3v) is 5.06. The third kappa shape index (κ3) is 6.17. The van der Waals surface area contributed by atoms with Crippen LogP contribution < -0.4 is 10.1 Å². The maximum atomic E-state index is 13.6. The number of halogens is 2. The second-order valence-corrected chi connectivity index (χ2v) is 7.28. The molecule has 0 radical (unpaired) electrons. The maximum Gasteiger partial charge on any atom is 0.173 e. The molecular weight excluding hydrogens is 411 g/mol. The summed E-state index contributed by atoms with van der Waals surface area (Å²) in [5.74, 6) is 0.409. The fourth-order valence-electron chi connectivity index (χ4n) is 2.89. The number of ether oxygens (including phenoxy) is 1. The van der Waals surface area contributed by atoms with Gasteiger partial charge in [-0.25, -0.2) is 9.37 Å². The van der Waals surface area contributed by atoms with Crippen LogP contribution in [0.3, 0.4) is 0 Å². The molecule has 0 saturated carbocycles. The molecule has 0 unspecified atom stereocenters. The Morgan fingerprint density at radius 3 is 2.90 bits per heavy atom. The van der Waals surface area contributed by atoms with Gasteiger partial charge in [-0.05, 0) is 48.5 Å². The smallest absolute Gasteiger partial charge is 0.173 e. The van der Waals surface area contributed by atoms with Crippen LogP contribution in [0.5, 0.6) is 5.75 Å². The van der Waals surface area contributed by atoms with E-state index in [2.05, 4.69) is 10.3 Å². The van der Waals surface area contributed by atoms with E-state index in [9.17, 15) is 4.39 Å². The number of rotatable bonds is 8. The van der Waals surface area contributed by atoms with E-state index in [1.54, 1.807) is 43.9 Å². The van der Waals surface area contributed by atoms with Crippen LogP contribution in [0, 0.1) is 5.82 Å². The summed E-state index contributed by atoms with van der Waals surface area (Å²) in [6.45, 7) is 1.97. The molecule has 0 aliphatic carbocycles. The van der Waals surface area contributed by atoms with Gasteiger partial charge in [0.05, 0.1) is 24.1 Å². The topological polar surface area (TPSA) is 42.3 Å². The lowest BCUT2D eigenvalue weighted by molar-refractivity contribution is 0.395. The first kappa shape index (κ1) is 21.1. The van der Waals surface area contributed by atoms with Crippen molar-refractivity contribution in [1.29, 1.82) is 0 Å². The molecule has 0 amide bonds. The predicted molar refractivity (Wildman–Crippen MR) is 118 cm³/mol. The first-order chi connectivity index (χ1) is 14.0. The van der Waals surface area contributed by atoms with E-state index in [0.717, 1.165) is 18.5 Å². The highest BCUT2D eigenvalue weighted by Gasteiger charge is 2.13. The molecule has 3 aromatic rings. The number of imidazole rings is 1. The zero-order chi connectivity index (χ0) is 20.6. The highest BCUT2D eigenvalue weighted by atomic mass is 35.5. The molecule has 1 heterocycles. The number of hydrogen-bond acceptors (Lipinski definition) is 3. The summed E-state index contributed by atoms with van der Waals surface area (Å²) >= 11 is 11.9. The molecule has 1 aromatic heterocycles. The molecule has 0 fully saturated rings. The minimum absolute atomic E-state index is 0.268. The molecule has 0 aliphatic rings. The first-order valence-corrected chi connectivity index (χ1v) is 9.93. The van der Waals surface area contributed by atoms with Gasteiger partial charge in [-0.1, -0.05) is 23.7 Å². The van der Waals surface area contributed by atoms with Gasteiger partial charge in [-0.3, -0.25) is 0 Å². The van der Waals surface area contributed by atoms with Crippen LogP contribution in [0.4, 0.5) is 10.1 Å². The molecule has 3 rings (SSSR count). The number of anilines is 1. The van der Waals surface area contributed by atoms with Gasteiger partial charge in [0.25, 0.3) is 0 Å². The van der Waals surface area contributed by atoms with E-state index in [1.807, 2.05) is 21.7 Å². The average molecular weight is 433 g/mol. The summed E-state index contributed by atoms with van der Waals surface area (Å²) in [4.78, 5) is 6.05. The van der Waals surface area contributed by atoms with Crippen molar-refractivity contribution in [2.24, 2.45) is 0 Å². The molecule has 152 valence electrons. The molecule has 0 atom stereocenters. The van der Waals surface area contributed by atoms with Crippen molar-refractivity contribution in [3.63, 3.8) is 0 Å². The van der Waals surface area contributed by atoms with Crippen LogP contribution in [-0.4, -0.2) is 33.2 Å². The van der Waals surface area contributed by atoms with Gasteiger partial charge in [0.1, 0.15) is 11.6 Å². The average Bonchev–Trinajstić information content (AvgIpc) is 3.22. The van der Waals surface area contributed by atoms with Crippen molar-refractivity contribution in [2.75, 3.05) is 19.0 Å². The second kappa shape index (κ2) is 10.2. The lowest BCUT2D eigenvalue weighted by atomic mass is 10.2. The van der Waals surface area contributed by atoms with Crippen LogP contribution in [0.1, 0.15) is 12.0 Å². The third-order valence-electron chi connectivity index (χ3n) is 4.37. The van der Waals surface area contributed by atoms with Crippen LogP contribution in [-0.2, 0) is 13.1 Å². The molecule has 1 N–H and O–H groups in total. The maximum absolute atomic E-state index is 13.6. The Bertz CT molecular complexity index is 952. The van der Waals surface area contributed by atoms with Crippen molar-refractivity contribution in [1.82, 2.24) is 14.5 Å². The van der Waals surface area contributed by atoms with E-state index < -0.39 is 0 Å². The van der Waals surface area contributed by atoms with Gasteiger partial charge in [0.2, 0.25) is 0 Å². The second-order valence-electron chi connectivity index (χ2n) is 6.48. The number of methoxy groups -OCH3 is 1.